The van der Waals surface area contributed by atoms with Crippen LogP contribution in [0, 0.1) is 5.41 Å². The molecular formula is C19H24N4O2. The molecule has 4 rings (SSSR count). The summed E-state index contributed by atoms with van der Waals surface area (Å²) in [6.07, 6.45) is 5.71. The fraction of sp³-hybridized carbons (Fsp3) is 0.474. The predicted molar refractivity (Wildman–Crippen MR) is 94.1 cm³/mol. The van der Waals surface area contributed by atoms with Gasteiger partial charge in [-0.3, -0.25) is 9.69 Å². The molecular weight excluding hydrogens is 316 g/mol. The minimum absolute atomic E-state index is 0.0101. The molecule has 0 aliphatic carbocycles. The van der Waals surface area contributed by atoms with Crippen molar-refractivity contribution in [3.63, 3.8) is 0 Å². The summed E-state index contributed by atoms with van der Waals surface area (Å²) in [6, 6.07) is 10.0. The molecule has 2 N–H and O–H groups in total. The van der Waals surface area contributed by atoms with Gasteiger partial charge in [0.25, 0.3) is 0 Å². The molecule has 132 valence electrons. The van der Waals surface area contributed by atoms with Crippen LogP contribution in [0.3, 0.4) is 0 Å². The smallest absolute Gasteiger partial charge is 0.230 e. The molecule has 6 nitrogen and oxygen atoms in total. The number of aliphatic hydroxyl groups is 1. The number of nitrogens with zero attached hydrogens (tertiary/aromatic N) is 3. The molecule has 3 heterocycles. The van der Waals surface area contributed by atoms with Crippen LogP contribution < -0.4 is 5.32 Å². The standard InChI is InChI=1S/C19H24N4O2/c24-17-7-10-22(14-19(17)8-4-9-20-18(19)25)12-15-11-21-23(13-15)16-5-2-1-3-6-16/h1-3,5-6,11,13,17,24H,4,7-10,12,14H2,(H,20,25)/t17-,19+/m0/s1. The predicted octanol–water partition coefficient (Wildman–Crippen LogP) is 1.34. The largest absolute Gasteiger partial charge is 0.392 e. The molecule has 2 fully saturated rings. The molecule has 2 atom stereocenters. The van der Waals surface area contributed by atoms with Gasteiger partial charge in [-0.15, -0.1) is 0 Å². The van der Waals surface area contributed by atoms with Gasteiger partial charge in [0.15, 0.2) is 0 Å². The number of hydrogen-bond donors (Lipinski definition) is 2. The first kappa shape index (κ1) is 16.3. The van der Waals surface area contributed by atoms with E-state index in [0.29, 0.717) is 13.0 Å². The number of aromatic nitrogens is 2. The Morgan fingerprint density at radius 2 is 2.16 bits per heavy atom. The van der Waals surface area contributed by atoms with Crippen LogP contribution >= 0.6 is 0 Å². The van der Waals surface area contributed by atoms with E-state index in [1.54, 1.807) is 0 Å². The number of para-hydroxylation sites is 1. The van der Waals surface area contributed by atoms with E-state index in [-0.39, 0.29) is 5.91 Å². The highest BCUT2D eigenvalue weighted by atomic mass is 16.3. The lowest BCUT2D eigenvalue weighted by molar-refractivity contribution is -0.149. The van der Waals surface area contributed by atoms with E-state index in [2.05, 4.69) is 15.3 Å². The number of nitrogens with one attached hydrogen (secondary N) is 1. The summed E-state index contributed by atoms with van der Waals surface area (Å²) in [5.41, 5.74) is 1.50. The van der Waals surface area contributed by atoms with Crippen molar-refractivity contribution in [3.05, 3.63) is 48.3 Å². The number of amides is 1. The van der Waals surface area contributed by atoms with E-state index < -0.39 is 11.5 Å². The second-order valence-corrected chi connectivity index (χ2v) is 7.16. The van der Waals surface area contributed by atoms with Crippen molar-refractivity contribution >= 4 is 5.91 Å². The number of carbonyl (C=O) groups excluding carboxylic acids is 1. The van der Waals surface area contributed by atoms with Crippen molar-refractivity contribution in [2.24, 2.45) is 5.41 Å². The van der Waals surface area contributed by atoms with Crippen LogP contribution in [0.5, 0.6) is 0 Å². The van der Waals surface area contributed by atoms with E-state index in [1.807, 2.05) is 47.4 Å². The van der Waals surface area contributed by atoms with Crippen LogP contribution in [0.1, 0.15) is 24.8 Å². The Balaban J connectivity index is 1.48. The molecule has 0 bridgehead atoms. The van der Waals surface area contributed by atoms with Crippen molar-refractivity contribution in [2.45, 2.75) is 31.9 Å². The van der Waals surface area contributed by atoms with Crippen molar-refractivity contribution in [2.75, 3.05) is 19.6 Å². The second-order valence-electron chi connectivity index (χ2n) is 7.16. The SMILES string of the molecule is O=C1NCCC[C@]12CN(Cc1cnn(-c3ccccc3)c1)CC[C@@H]2O. The molecule has 2 aliphatic heterocycles. The zero-order valence-electron chi connectivity index (χ0n) is 14.3. The van der Waals surface area contributed by atoms with Crippen molar-refractivity contribution in [1.82, 2.24) is 20.0 Å². The molecule has 1 aromatic heterocycles. The average molecular weight is 340 g/mol. The Labute approximate surface area is 147 Å². The molecule has 1 amide bonds. The maximum Gasteiger partial charge on any atom is 0.230 e. The maximum absolute atomic E-state index is 12.5. The summed E-state index contributed by atoms with van der Waals surface area (Å²) in [7, 11) is 0. The van der Waals surface area contributed by atoms with E-state index in [4.69, 9.17) is 0 Å². The third-order valence-electron chi connectivity index (χ3n) is 5.46. The van der Waals surface area contributed by atoms with E-state index in [1.165, 1.54) is 0 Å². The first-order chi connectivity index (χ1) is 12.2. The number of rotatable bonds is 3. The first-order valence-corrected chi connectivity index (χ1v) is 8.95. The molecule has 6 heteroatoms. The average Bonchev–Trinajstić information content (AvgIpc) is 3.10. The molecule has 0 unspecified atom stereocenters. The number of carbonyl (C=O) groups is 1. The van der Waals surface area contributed by atoms with Gasteiger partial charge in [0.05, 0.1) is 23.4 Å². The van der Waals surface area contributed by atoms with Crippen LogP contribution in [0.25, 0.3) is 5.69 Å². The number of benzene rings is 1. The Hall–Kier alpha value is -2.18. The second kappa shape index (κ2) is 6.61. The van der Waals surface area contributed by atoms with Crippen molar-refractivity contribution in [1.29, 1.82) is 0 Å². The fourth-order valence-corrected chi connectivity index (χ4v) is 4.09. The van der Waals surface area contributed by atoms with Crippen LogP contribution in [0.2, 0.25) is 0 Å². The van der Waals surface area contributed by atoms with Crippen molar-refractivity contribution in [3.8, 4) is 5.69 Å². The summed E-state index contributed by atoms with van der Waals surface area (Å²) in [6.45, 7) is 2.87. The summed E-state index contributed by atoms with van der Waals surface area (Å²) < 4.78 is 1.87. The van der Waals surface area contributed by atoms with Crippen LogP contribution in [0.4, 0.5) is 0 Å². The van der Waals surface area contributed by atoms with Gasteiger partial charge in [0.1, 0.15) is 0 Å². The van der Waals surface area contributed by atoms with Crippen LogP contribution in [-0.2, 0) is 11.3 Å². The zero-order valence-corrected chi connectivity index (χ0v) is 14.3. The summed E-state index contributed by atoms with van der Waals surface area (Å²) >= 11 is 0. The molecule has 2 aromatic rings. The maximum atomic E-state index is 12.5. The molecule has 2 aliphatic rings. The first-order valence-electron chi connectivity index (χ1n) is 8.95. The van der Waals surface area contributed by atoms with Gasteiger partial charge in [-0.25, -0.2) is 4.68 Å². The molecule has 1 spiro atoms. The van der Waals surface area contributed by atoms with E-state index in [9.17, 15) is 9.90 Å². The summed E-state index contributed by atoms with van der Waals surface area (Å²) in [4.78, 5) is 14.7. The van der Waals surface area contributed by atoms with Gasteiger partial charge in [-0.2, -0.15) is 5.10 Å². The van der Waals surface area contributed by atoms with Crippen LogP contribution in [-0.4, -0.2) is 51.4 Å². The molecule has 2 saturated heterocycles. The highest BCUT2D eigenvalue weighted by Gasteiger charge is 2.49. The Kier molecular flexibility index (Phi) is 4.31. The zero-order chi connectivity index (χ0) is 17.3. The summed E-state index contributed by atoms with van der Waals surface area (Å²) in [5.74, 6) is 0.0101. The van der Waals surface area contributed by atoms with Crippen molar-refractivity contribution < 1.29 is 9.90 Å². The normalized spacial score (nSPS) is 27.4. The molecule has 0 saturated carbocycles. The quantitative estimate of drug-likeness (QED) is 0.884. The van der Waals surface area contributed by atoms with Gasteiger partial charge >= 0.3 is 0 Å². The molecule has 1 aromatic carbocycles. The summed E-state index contributed by atoms with van der Waals surface area (Å²) in [5, 5.41) is 17.9. The third-order valence-corrected chi connectivity index (χ3v) is 5.46. The number of hydrogen-bond acceptors (Lipinski definition) is 4. The van der Waals surface area contributed by atoms with Gasteiger partial charge in [0.2, 0.25) is 5.91 Å². The van der Waals surface area contributed by atoms with Gasteiger partial charge < -0.3 is 10.4 Å². The van der Waals surface area contributed by atoms with Crippen LogP contribution in [0.15, 0.2) is 42.7 Å². The topological polar surface area (TPSA) is 70.4 Å². The lowest BCUT2D eigenvalue weighted by atomic mass is 9.71. The highest BCUT2D eigenvalue weighted by Crippen LogP contribution is 2.37. The number of piperidine rings is 2. The minimum Gasteiger partial charge on any atom is -0.392 e. The van der Waals surface area contributed by atoms with E-state index >= 15 is 0 Å². The fourth-order valence-electron chi connectivity index (χ4n) is 4.09. The lowest BCUT2D eigenvalue weighted by Gasteiger charge is -2.46. The van der Waals surface area contributed by atoms with E-state index in [0.717, 1.165) is 43.7 Å². The number of aliphatic hydroxyl groups excluding tert-OH is 1. The van der Waals surface area contributed by atoms with Gasteiger partial charge in [-0.1, -0.05) is 18.2 Å². The highest BCUT2D eigenvalue weighted by molar-refractivity contribution is 5.84. The van der Waals surface area contributed by atoms with Gasteiger partial charge in [0, 0.05) is 37.9 Å². The Bertz CT molecular complexity index is 745. The lowest BCUT2D eigenvalue weighted by Crippen LogP contribution is -2.61. The Morgan fingerprint density at radius 1 is 1.32 bits per heavy atom. The van der Waals surface area contributed by atoms with Gasteiger partial charge in [-0.05, 0) is 31.4 Å². The minimum atomic E-state index is -0.647. The molecule has 0 radical (unpaired) electrons. The molecule has 25 heavy (non-hydrogen) atoms. The third kappa shape index (κ3) is 3.07. The Morgan fingerprint density at radius 3 is 2.96 bits per heavy atom. The number of likely N-dealkylation sites (tertiary alicyclic amines) is 1. The monoisotopic (exact) mass is 340 g/mol.